The number of benzene rings is 1. The van der Waals surface area contributed by atoms with Gasteiger partial charge in [0.1, 0.15) is 11.8 Å². The van der Waals surface area contributed by atoms with Gasteiger partial charge in [-0.3, -0.25) is 10.2 Å². The quantitative estimate of drug-likeness (QED) is 0.197. The standard InChI is InChI=1S/C16H25N5O4/c1-21(13(15(24)25)3-2-8-20-16(18)19)14(23)12(17)9-10-4-6-11(22)7-5-10/h4-7,12-13,22H,2-3,8-9,17H2,1H3,(H,24,25)(H4,18,19,20)/t12-,13-/m0/s1. The predicted octanol–water partition coefficient (Wildman–Crippen LogP) is -0.563. The van der Waals surface area contributed by atoms with Crippen molar-refractivity contribution in [3.05, 3.63) is 29.8 Å². The zero-order valence-electron chi connectivity index (χ0n) is 14.1. The summed E-state index contributed by atoms with van der Waals surface area (Å²) in [5, 5.41) is 28.2. The molecule has 1 amide bonds. The molecule has 2 atom stereocenters. The Bertz CT molecular complexity index is 605. The highest BCUT2D eigenvalue weighted by atomic mass is 16.4. The van der Waals surface area contributed by atoms with Crippen LogP contribution in [0.15, 0.2) is 24.3 Å². The van der Waals surface area contributed by atoms with Gasteiger partial charge in [-0.15, -0.1) is 0 Å². The summed E-state index contributed by atoms with van der Waals surface area (Å²) in [7, 11) is 1.41. The van der Waals surface area contributed by atoms with Gasteiger partial charge < -0.3 is 31.9 Å². The van der Waals surface area contributed by atoms with Crippen molar-refractivity contribution in [1.82, 2.24) is 10.2 Å². The molecule has 138 valence electrons. The second kappa shape index (κ2) is 9.48. The van der Waals surface area contributed by atoms with Crippen LogP contribution >= 0.6 is 0 Å². The first-order valence-electron chi connectivity index (χ1n) is 7.83. The number of aliphatic carboxylic acids is 1. The highest BCUT2D eigenvalue weighted by Crippen LogP contribution is 2.13. The number of hydrogen-bond acceptors (Lipinski definition) is 5. The van der Waals surface area contributed by atoms with Crippen LogP contribution in [0.5, 0.6) is 5.75 Å². The lowest BCUT2D eigenvalue weighted by Crippen LogP contribution is -2.50. The molecule has 0 saturated carbocycles. The van der Waals surface area contributed by atoms with Crippen LogP contribution in [0.25, 0.3) is 0 Å². The summed E-state index contributed by atoms with van der Waals surface area (Å²) in [5.74, 6) is -1.66. The monoisotopic (exact) mass is 351 g/mol. The van der Waals surface area contributed by atoms with E-state index in [0.29, 0.717) is 13.0 Å². The number of guanidine groups is 1. The summed E-state index contributed by atoms with van der Waals surface area (Å²) in [5.41, 5.74) is 11.8. The first-order chi connectivity index (χ1) is 11.7. The van der Waals surface area contributed by atoms with Crippen LogP contribution in [0.1, 0.15) is 18.4 Å². The lowest BCUT2D eigenvalue weighted by Gasteiger charge is -2.27. The molecular weight excluding hydrogens is 326 g/mol. The first-order valence-corrected chi connectivity index (χ1v) is 7.83. The molecule has 0 fully saturated rings. The van der Waals surface area contributed by atoms with Gasteiger partial charge in [0.15, 0.2) is 5.96 Å². The summed E-state index contributed by atoms with van der Waals surface area (Å²) in [6, 6.07) is 4.42. The number of hydrogen-bond donors (Lipinski definition) is 6. The maximum absolute atomic E-state index is 12.4. The summed E-state index contributed by atoms with van der Waals surface area (Å²) in [6.07, 6.45) is 0.882. The molecule has 0 bridgehead atoms. The van der Waals surface area contributed by atoms with Crippen LogP contribution in [-0.4, -0.2) is 58.6 Å². The molecule has 0 aliphatic heterocycles. The Morgan fingerprint density at radius 2 is 1.92 bits per heavy atom. The molecule has 0 aliphatic rings. The van der Waals surface area contributed by atoms with E-state index in [9.17, 15) is 19.8 Å². The minimum absolute atomic E-state index is 0.117. The molecule has 1 aromatic rings. The van der Waals surface area contributed by atoms with E-state index in [2.05, 4.69) is 5.32 Å². The van der Waals surface area contributed by atoms with Gasteiger partial charge in [-0.25, -0.2) is 4.79 Å². The number of rotatable bonds is 9. The third kappa shape index (κ3) is 6.68. The number of carbonyl (C=O) groups is 2. The van der Waals surface area contributed by atoms with E-state index in [4.69, 9.17) is 16.9 Å². The fourth-order valence-corrected chi connectivity index (χ4v) is 2.39. The van der Waals surface area contributed by atoms with Crippen molar-refractivity contribution in [2.75, 3.05) is 13.6 Å². The Morgan fingerprint density at radius 3 is 2.44 bits per heavy atom. The third-order valence-corrected chi connectivity index (χ3v) is 3.78. The van der Waals surface area contributed by atoms with Gasteiger partial charge in [-0.2, -0.15) is 0 Å². The number of nitrogens with zero attached hydrogens (tertiary/aromatic N) is 1. The van der Waals surface area contributed by atoms with Gasteiger partial charge in [0.2, 0.25) is 5.91 Å². The van der Waals surface area contributed by atoms with Crippen LogP contribution in [0.2, 0.25) is 0 Å². The number of aromatic hydroxyl groups is 1. The van der Waals surface area contributed by atoms with Crippen LogP contribution in [-0.2, 0) is 16.0 Å². The van der Waals surface area contributed by atoms with Crippen molar-refractivity contribution in [3.8, 4) is 5.75 Å². The number of likely N-dealkylation sites (N-methyl/N-ethyl adjacent to an activating group) is 1. The first kappa shape index (κ1) is 20.2. The van der Waals surface area contributed by atoms with Crippen LogP contribution < -0.4 is 16.8 Å². The van der Waals surface area contributed by atoms with E-state index >= 15 is 0 Å². The maximum atomic E-state index is 12.4. The van der Waals surface area contributed by atoms with Crippen molar-refractivity contribution in [3.63, 3.8) is 0 Å². The van der Waals surface area contributed by atoms with Gasteiger partial charge in [0, 0.05) is 13.6 Å². The van der Waals surface area contributed by atoms with Crippen LogP contribution in [0.3, 0.4) is 0 Å². The molecule has 0 aliphatic carbocycles. The summed E-state index contributed by atoms with van der Waals surface area (Å²) < 4.78 is 0. The predicted molar refractivity (Wildman–Crippen MR) is 93.1 cm³/mol. The average Bonchev–Trinajstić information content (AvgIpc) is 2.55. The van der Waals surface area contributed by atoms with E-state index in [1.54, 1.807) is 12.1 Å². The van der Waals surface area contributed by atoms with Gasteiger partial charge in [-0.05, 0) is 37.0 Å². The molecule has 0 heterocycles. The van der Waals surface area contributed by atoms with Gasteiger partial charge in [-0.1, -0.05) is 12.1 Å². The zero-order valence-corrected chi connectivity index (χ0v) is 14.1. The molecule has 9 heteroatoms. The fourth-order valence-electron chi connectivity index (χ4n) is 2.39. The Balaban J connectivity index is 2.63. The minimum atomic E-state index is -1.12. The number of amides is 1. The third-order valence-electron chi connectivity index (χ3n) is 3.78. The van der Waals surface area contributed by atoms with Crippen LogP contribution in [0, 0.1) is 5.41 Å². The smallest absolute Gasteiger partial charge is 0.326 e. The van der Waals surface area contributed by atoms with Crippen molar-refractivity contribution in [1.29, 1.82) is 5.41 Å². The molecule has 8 N–H and O–H groups in total. The molecule has 0 spiro atoms. The lowest BCUT2D eigenvalue weighted by atomic mass is 10.0. The average molecular weight is 351 g/mol. The second-order valence-corrected chi connectivity index (χ2v) is 5.76. The number of carboxylic acids is 1. The number of phenolic OH excluding ortho intramolecular Hbond substituents is 1. The normalized spacial score (nSPS) is 12.9. The Kier molecular flexibility index (Phi) is 7.67. The molecule has 1 rings (SSSR count). The topological polar surface area (TPSA) is 166 Å². The van der Waals surface area contributed by atoms with E-state index in [-0.39, 0.29) is 24.6 Å². The Labute approximate surface area is 146 Å². The molecule has 9 nitrogen and oxygen atoms in total. The number of nitrogens with one attached hydrogen (secondary N) is 2. The molecule has 25 heavy (non-hydrogen) atoms. The summed E-state index contributed by atoms with van der Waals surface area (Å²) in [6.45, 7) is 0.348. The summed E-state index contributed by atoms with van der Waals surface area (Å²) in [4.78, 5) is 25.0. The van der Waals surface area contributed by atoms with Crippen molar-refractivity contribution >= 4 is 17.8 Å². The lowest BCUT2D eigenvalue weighted by molar-refractivity contribution is -0.149. The fraction of sp³-hybridized carbons (Fsp3) is 0.438. The van der Waals surface area contributed by atoms with E-state index < -0.39 is 24.0 Å². The summed E-state index contributed by atoms with van der Waals surface area (Å²) >= 11 is 0. The SMILES string of the molecule is CN(C(=O)[C@@H](N)Cc1ccc(O)cc1)[C@@H](CCCNC(=N)N)C(=O)O. The van der Waals surface area contributed by atoms with E-state index in [0.717, 1.165) is 10.5 Å². The minimum Gasteiger partial charge on any atom is -0.508 e. The van der Waals surface area contributed by atoms with Crippen molar-refractivity contribution in [2.45, 2.75) is 31.3 Å². The molecule has 0 aromatic heterocycles. The number of carbonyl (C=O) groups excluding carboxylic acids is 1. The largest absolute Gasteiger partial charge is 0.508 e. The molecule has 0 radical (unpaired) electrons. The Hall–Kier alpha value is -2.81. The molecule has 1 aromatic carbocycles. The Morgan fingerprint density at radius 1 is 1.32 bits per heavy atom. The molecular formula is C16H25N5O4. The highest BCUT2D eigenvalue weighted by molar-refractivity contribution is 5.86. The van der Waals surface area contributed by atoms with E-state index in [1.807, 2.05) is 0 Å². The molecule has 0 saturated heterocycles. The van der Waals surface area contributed by atoms with Crippen molar-refractivity contribution < 1.29 is 19.8 Å². The highest BCUT2D eigenvalue weighted by Gasteiger charge is 2.29. The van der Waals surface area contributed by atoms with Gasteiger partial charge in [0.05, 0.1) is 6.04 Å². The van der Waals surface area contributed by atoms with Crippen molar-refractivity contribution in [2.24, 2.45) is 11.5 Å². The van der Waals surface area contributed by atoms with Gasteiger partial charge in [0.25, 0.3) is 0 Å². The van der Waals surface area contributed by atoms with Gasteiger partial charge >= 0.3 is 5.97 Å². The molecule has 0 unspecified atom stereocenters. The van der Waals surface area contributed by atoms with Crippen LogP contribution in [0.4, 0.5) is 0 Å². The maximum Gasteiger partial charge on any atom is 0.326 e. The number of nitrogens with two attached hydrogens (primary N) is 2. The number of carboxylic acid groups (broad SMARTS) is 1. The van der Waals surface area contributed by atoms with E-state index in [1.165, 1.54) is 19.2 Å². The second-order valence-electron chi connectivity index (χ2n) is 5.76. The zero-order chi connectivity index (χ0) is 19.0. The number of phenols is 1.